The highest BCUT2D eigenvalue weighted by Crippen LogP contribution is 2.44. The van der Waals surface area contributed by atoms with Crippen LogP contribution in [-0.4, -0.2) is 37.9 Å². The van der Waals surface area contributed by atoms with Crippen LogP contribution < -0.4 is 10.6 Å². The number of aryl methyl sites for hydroxylation is 1. The van der Waals surface area contributed by atoms with E-state index in [0.717, 1.165) is 48.2 Å². The average Bonchev–Trinajstić information content (AvgIpc) is 2.76. The molecule has 1 heterocycles. The summed E-state index contributed by atoms with van der Waals surface area (Å²) in [4.78, 5) is 11.4. The van der Waals surface area contributed by atoms with E-state index < -0.39 is 11.7 Å². The predicted octanol–water partition coefficient (Wildman–Crippen LogP) is 4.64. The number of carbonyl (C=O) groups excluding carboxylic acids is 1. The summed E-state index contributed by atoms with van der Waals surface area (Å²) in [7, 11) is 1.35. The molecule has 0 aliphatic carbocycles. The number of methoxy groups -OCH3 is 1. The maximum absolute atomic E-state index is 12.1. The van der Waals surface area contributed by atoms with Crippen molar-refractivity contribution in [1.82, 2.24) is 10.6 Å². The van der Waals surface area contributed by atoms with Crippen molar-refractivity contribution in [2.45, 2.75) is 38.2 Å². The van der Waals surface area contributed by atoms with E-state index in [2.05, 4.69) is 34.4 Å². The summed E-state index contributed by atoms with van der Waals surface area (Å²) in [6.07, 6.45) is 2.65. The second-order valence-electron chi connectivity index (χ2n) is 8.02. The lowest BCUT2D eigenvalue weighted by molar-refractivity contribution is -0.0415. The van der Waals surface area contributed by atoms with Crippen molar-refractivity contribution in [3.05, 3.63) is 58.6 Å². The van der Waals surface area contributed by atoms with Crippen LogP contribution in [0.15, 0.2) is 42.5 Å². The van der Waals surface area contributed by atoms with E-state index in [1.54, 1.807) is 0 Å². The summed E-state index contributed by atoms with van der Waals surface area (Å²) in [5.41, 5.74) is 2.83. The molecule has 1 aliphatic rings. The molecule has 1 unspecified atom stereocenters. The van der Waals surface area contributed by atoms with Crippen molar-refractivity contribution in [3.63, 3.8) is 0 Å². The first kappa shape index (κ1) is 22.6. The molecule has 1 aliphatic heterocycles. The molecule has 6 heteroatoms. The van der Waals surface area contributed by atoms with Gasteiger partial charge in [0, 0.05) is 29.6 Å². The number of ether oxygens (including phenoxy) is 1. The Hall–Kier alpha value is -2.08. The van der Waals surface area contributed by atoms with Crippen LogP contribution in [0.5, 0.6) is 0 Å². The standard InChI is InChI=1S/C24H31ClN2O3/c1-17-7-3-8-18(15-17)22-20(10-4-11-21(22)25)24(29,19-9-5-13-26-16-19)12-6-14-27-23(28)30-2/h3-4,7-8,10-11,15,19,26,29H,5-6,9,12-14,16H2,1-2H3,(H,27,28)/t19-,24?/m1/s1. The lowest BCUT2D eigenvalue weighted by Crippen LogP contribution is -2.45. The number of amides is 1. The molecule has 2 aromatic carbocycles. The van der Waals surface area contributed by atoms with Gasteiger partial charge in [0.1, 0.15) is 0 Å². The third-order valence-corrected chi connectivity index (χ3v) is 6.26. The van der Waals surface area contributed by atoms with Crippen LogP contribution in [0.25, 0.3) is 11.1 Å². The minimum absolute atomic E-state index is 0.0615. The maximum atomic E-state index is 12.1. The second kappa shape index (κ2) is 10.3. The molecule has 0 aromatic heterocycles. The summed E-state index contributed by atoms with van der Waals surface area (Å²) < 4.78 is 4.65. The van der Waals surface area contributed by atoms with Crippen LogP contribution in [0, 0.1) is 12.8 Å². The molecular formula is C24H31ClN2O3. The molecule has 3 rings (SSSR count). The second-order valence-corrected chi connectivity index (χ2v) is 8.43. The van der Waals surface area contributed by atoms with Gasteiger partial charge < -0.3 is 20.5 Å². The topological polar surface area (TPSA) is 70.6 Å². The van der Waals surface area contributed by atoms with Gasteiger partial charge in [0.05, 0.1) is 12.7 Å². The van der Waals surface area contributed by atoms with E-state index in [0.29, 0.717) is 24.4 Å². The highest BCUT2D eigenvalue weighted by Gasteiger charge is 2.40. The highest BCUT2D eigenvalue weighted by atomic mass is 35.5. The third kappa shape index (κ3) is 5.15. The first-order chi connectivity index (χ1) is 14.5. The van der Waals surface area contributed by atoms with Gasteiger partial charge in [-0.2, -0.15) is 0 Å². The number of nitrogens with one attached hydrogen (secondary N) is 2. The van der Waals surface area contributed by atoms with Crippen LogP contribution in [0.3, 0.4) is 0 Å². The first-order valence-corrected chi connectivity index (χ1v) is 10.9. The minimum Gasteiger partial charge on any atom is -0.453 e. The molecule has 0 radical (unpaired) electrons. The van der Waals surface area contributed by atoms with Gasteiger partial charge in [-0.1, -0.05) is 53.6 Å². The largest absolute Gasteiger partial charge is 0.453 e. The molecule has 2 atom stereocenters. The normalized spacial score (nSPS) is 18.5. The summed E-state index contributed by atoms with van der Waals surface area (Å²) in [5, 5.41) is 18.9. The SMILES string of the molecule is COC(=O)NCCCC(O)(c1cccc(Cl)c1-c1cccc(C)c1)[C@@H]1CCCNC1. The van der Waals surface area contributed by atoms with Crippen LogP contribution in [0.4, 0.5) is 4.79 Å². The number of hydrogen-bond acceptors (Lipinski definition) is 4. The van der Waals surface area contributed by atoms with Crippen molar-refractivity contribution < 1.29 is 14.6 Å². The molecule has 5 nitrogen and oxygen atoms in total. The highest BCUT2D eigenvalue weighted by molar-refractivity contribution is 6.33. The molecule has 1 saturated heterocycles. The zero-order valence-corrected chi connectivity index (χ0v) is 18.5. The van der Waals surface area contributed by atoms with E-state index in [1.807, 2.05) is 30.3 Å². The Labute approximate surface area is 183 Å². The fourth-order valence-electron chi connectivity index (χ4n) is 4.42. The van der Waals surface area contributed by atoms with Crippen molar-refractivity contribution in [3.8, 4) is 11.1 Å². The van der Waals surface area contributed by atoms with E-state index in [1.165, 1.54) is 7.11 Å². The van der Waals surface area contributed by atoms with Gasteiger partial charge >= 0.3 is 6.09 Å². The van der Waals surface area contributed by atoms with Gasteiger partial charge in [0.15, 0.2) is 0 Å². The smallest absolute Gasteiger partial charge is 0.406 e. The zero-order chi connectivity index (χ0) is 21.6. The number of aliphatic hydroxyl groups is 1. The minimum atomic E-state index is -1.06. The quantitative estimate of drug-likeness (QED) is 0.559. The number of hydrogen-bond donors (Lipinski definition) is 3. The van der Waals surface area contributed by atoms with Crippen LogP contribution in [0.2, 0.25) is 5.02 Å². The summed E-state index contributed by atoms with van der Waals surface area (Å²) in [6.45, 7) is 4.21. The van der Waals surface area contributed by atoms with Crippen molar-refractivity contribution in [1.29, 1.82) is 0 Å². The fraction of sp³-hybridized carbons (Fsp3) is 0.458. The van der Waals surface area contributed by atoms with Gasteiger partial charge in [-0.3, -0.25) is 0 Å². The lowest BCUT2D eigenvalue weighted by atomic mass is 9.72. The molecular weight excluding hydrogens is 400 g/mol. The Balaban J connectivity index is 1.99. The summed E-state index contributed by atoms with van der Waals surface area (Å²) >= 11 is 6.68. The van der Waals surface area contributed by atoms with E-state index in [4.69, 9.17) is 11.6 Å². The molecule has 162 valence electrons. The third-order valence-electron chi connectivity index (χ3n) is 5.95. The molecule has 2 aromatic rings. The van der Waals surface area contributed by atoms with Gasteiger partial charge in [0.25, 0.3) is 0 Å². The fourth-order valence-corrected chi connectivity index (χ4v) is 4.70. The number of alkyl carbamates (subject to hydrolysis) is 1. The monoisotopic (exact) mass is 430 g/mol. The van der Waals surface area contributed by atoms with Crippen LogP contribution >= 0.6 is 11.6 Å². The summed E-state index contributed by atoms with van der Waals surface area (Å²) in [5.74, 6) is 0.0615. The molecule has 30 heavy (non-hydrogen) atoms. The average molecular weight is 431 g/mol. The molecule has 3 N–H and O–H groups in total. The maximum Gasteiger partial charge on any atom is 0.406 e. The Kier molecular flexibility index (Phi) is 7.75. The number of benzene rings is 2. The Morgan fingerprint density at radius 2 is 2.13 bits per heavy atom. The van der Waals surface area contributed by atoms with Gasteiger partial charge in [-0.05, 0) is 56.3 Å². The Bertz CT molecular complexity index is 867. The van der Waals surface area contributed by atoms with Crippen LogP contribution in [0.1, 0.15) is 36.8 Å². The van der Waals surface area contributed by atoms with Crippen molar-refractivity contribution in [2.24, 2.45) is 5.92 Å². The molecule has 1 fully saturated rings. The molecule has 0 bridgehead atoms. The van der Waals surface area contributed by atoms with E-state index >= 15 is 0 Å². The number of piperidine rings is 1. The van der Waals surface area contributed by atoms with Crippen molar-refractivity contribution in [2.75, 3.05) is 26.7 Å². The molecule has 0 saturated carbocycles. The Morgan fingerprint density at radius 1 is 1.33 bits per heavy atom. The summed E-state index contributed by atoms with van der Waals surface area (Å²) in [6, 6.07) is 14.0. The van der Waals surface area contributed by atoms with Gasteiger partial charge in [-0.15, -0.1) is 0 Å². The number of carbonyl (C=O) groups is 1. The van der Waals surface area contributed by atoms with E-state index in [9.17, 15) is 9.90 Å². The first-order valence-electron chi connectivity index (χ1n) is 10.6. The van der Waals surface area contributed by atoms with Crippen LogP contribution in [-0.2, 0) is 10.3 Å². The Morgan fingerprint density at radius 3 is 2.83 bits per heavy atom. The molecule has 1 amide bonds. The zero-order valence-electron chi connectivity index (χ0n) is 17.7. The number of halogens is 1. The predicted molar refractivity (Wildman–Crippen MR) is 121 cm³/mol. The van der Waals surface area contributed by atoms with Crippen molar-refractivity contribution >= 4 is 17.7 Å². The molecule has 0 spiro atoms. The van der Waals surface area contributed by atoms with Gasteiger partial charge in [0.2, 0.25) is 0 Å². The van der Waals surface area contributed by atoms with E-state index in [-0.39, 0.29) is 5.92 Å². The van der Waals surface area contributed by atoms with Gasteiger partial charge in [-0.25, -0.2) is 4.79 Å². The number of rotatable bonds is 7. The lowest BCUT2D eigenvalue weighted by Gasteiger charge is -2.40.